The molecule has 1 heterocycles. The van der Waals surface area contributed by atoms with Crippen LogP contribution in [0.15, 0.2) is 71.3 Å². The molecule has 2 amide bonds. The fraction of sp³-hybridized carbons (Fsp3) is 0.438. The number of hydrogen-bond acceptors (Lipinski definition) is 4. The molecule has 214 valence electrons. The van der Waals surface area contributed by atoms with Gasteiger partial charge in [-0.25, -0.2) is 0 Å². The Labute approximate surface area is 246 Å². The maximum absolute atomic E-state index is 14.0. The van der Waals surface area contributed by atoms with Gasteiger partial charge in [0.05, 0.1) is 13.7 Å². The van der Waals surface area contributed by atoms with Crippen LogP contribution in [-0.2, 0) is 22.6 Å². The zero-order chi connectivity index (χ0) is 28.3. The summed E-state index contributed by atoms with van der Waals surface area (Å²) in [6.45, 7) is 2.27. The van der Waals surface area contributed by atoms with Crippen LogP contribution in [0.5, 0.6) is 5.75 Å². The average molecular weight is 611 g/mol. The van der Waals surface area contributed by atoms with Crippen LogP contribution in [0, 0.1) is 0 Å². The normalized spacial score (nSPS) is 13.7. The molecule has 0 bridgehead atoms. The van der Waals surface area contributed by atoms with Crippen molar-refractivity contribution >= 4 is 27.7 Å². The van der Waals surface area contributed by atoms with Gasteiger partial charge in [-0.15, -0.1) is 0 Å². The third-order valence-corrected chi connectivity index (χ3v) is 8.11. The Bertz CT molecular complexity index is 1220. The molecule has 0 radical (unpaired) electrons. The molecule has 1 aliphatic carbocycles. The second-order valence-corrected chi connectivity index (χ2v) is 11.3. The van der Waals surface area contributed by atoms with E-state index in [-0.39, 0.29) is 24.4 Å². The molecule has 0 saturated heterocycles. The minimum absolute atomic E-state index is 0.0115. The third kappa shape index (κ3) is 8.21. The summed E-state index contributed by atoms with van der Waals surface area (Å²) in [6.07, 6.45) is 8.17. The van der Waals surface area contributed by atoms with Crippen molar-refractivity contribution in [2.75, 3.05) is 33.9 Å². The van der Waals surface area contributed by atoms with Gasteiger partial charge < -0.3 is 23.8 Å². The predicted molar refractivity (Wildman–Crippen MR) is 160 cm³/mol. The molecule has 0 spiro atoms. The number of amides is 2. The van der Waals surface area contributed by atoms with Crippen LogP contribution in [0.25, 0.3) is 0 Å². The maximum Gasteiger partial charge on any atom is 0.254 e. The summed E-state index contributed by atoms with van der Waals surface area (Å²) in [7, 11) is 3.25. The monoisotopic (exact) mass is 609 g/mol. The summed E-state index contributed by atoms with van der Waals surface area (Å²) >= 11 is 3.51. The lowest BCUT2D eigenvalue weighted by atomic mass is 9.94. The standard InChI is InChI=1S/C32H40BrN3O4/c1-39-21-7-20-35(32(38)26-13-17-30(40-2)18-14-26)24-31(37)36(28-8-4-3-5-9-28)23-29-10-6-19-34(29)22-25-11-15-27(33)16-12-25/h6,10-19,28H,3-5,7-9,20-24H2,1-2H3. The largest absolute Gasteiger partial charge is 0.497 e. The van der Waals surface area contributed by atoms with Crippen LogP contribution in [0.2, 0.25) is 0 Å². The zero-order valence-corrected chi connectivity index (χ0v) is 25.1. The van der Waals surface area contributed by atoms with Gasteiger partial charge in [-0.05, 0) is 73.4 Å². The van der Waals surface area contributed by atoms with Crippen molar-refractivity contribution in [1.82, 2.24) is 14.4 Å². The molecule has 1 saturated carbocycles. The predicted octanol–water partition coefficient (Wildman–Crippen LogP) is 6.15. The van der Waals surface area contributed by atoms with Gasteiger partial charge in [-0.2, -0.15) is 0 Å². The Balaban J connectivity index is 1.53. The van der Waals surface area contributed by atoms with Gasteiger partial charge in [0.15, 0.2) is 0 Å². The van der Waals surface area contributed by atoms with Gasteiger partial charge in [0.2, 0.25) is 5.91 Å². The number of aromatic nitrogens is 1. The molecule has 1 aromatic heterocycles. The number of halogens is 1. The molecular weight excluding hydrogens is 570 g/mol. The first kappa shape index (κ1) is 29.9. The highest BCUT2D eigenvalue weighted by atomic mass is 79.9. The van der Waals surface area contributed by atoms with Crippen LogP contribution in [0.3, 0.4) is 0 Å². The van der Waals surface area contributed by atoms with Crippen molar-refractivity contribution in [3.63, 3.8) is 0 Å². The number of hydrogen-bond donors (Lipinski definition) is 0. The molecule has 0 atom stereocenters. The molecule has 8 heteroatoms. The SMILES string of the molecule is COCCCN(CC(=O)N(Cc1cccn1Cc1ccc(Br)cc1)C1CCCCC1)C(=O)c1ccc(OC)cc1. The quantitative estimate of drug-likeness (QED) is 0.218. The number of benzene rings is 2. The highest BCUT2D eigenvalue weighted by molar-refractivity contribution is 9.10. The van der Waals surface area contributed by atoms with E-state index in [0.29, 0.717) is 37.4 Å². The lowest BCUT2D eigenvalue weighted by Gasteiger charge is -2.36. The van der Waals surface area contributed by atoms with Crippen LogP contribution < -0.4 is 4.74 Å². The number of nitrogens with zero attached hydrogens (tertiary/aromatic N) is 3. The second-order valence-electron chi connectivity index (χ2n) is 10.4. The fourth-order valence-corrected chi connectivity index (χ4v) is 5.61. The fourth-order valence-electron chi connectivity index (χ4n) is 5.34. The van der Waals surface area contributed by atoms with Gasteiger partial charge in [-0.3, -0.25) is 9.59 Å². The van der Waals surface area contributed by atoms with E-state index in [0.717, 1.165) is 42.4 Å². The molecule has 4 rings (SSSR count). The number of rotatable bonds is 13. The summed E-state index contributed by atoms with van der Waals surface area (Å²) in [5.41, 5.74) is 2.83. The smallest absolute Gasteiger partial charge is 0.254 e. The van der Waals surface area contributed by atoms with E-state index in [1.165, 1.54) is 12.0 Å². The molecule has 7 nitrogen and oxygen atoms in total. The summed E-state index contributed by atoms with van der Waals surface area (Å²) in [5.74, 6) is 0.519. The van der Waals surface area contributed by atoms with Gasteiger partial charge >= 0.3 is 0 Å². The van der Waals surface area contributed by atoms with Crippen LogP contribution in [0.4, 0.5) is 0 Å². The second kappa shape index (κ2) is 15.1. The first-order valence-electron chi connectivity index (χ1n) is 14.1. The molecule has 1 fully saturated rings. The number of carbonyl (C=O) groups is 2. The minimum atomic E-state index is -0.158. The van der Waals surface area contributed by atoms with Crippen molar-refractivity contribution in [1.29, 1.82) is 0 Å². The molecule has 40 heavy (non-hydrogen) atoms. The zero-order valence-electron chi connectivity index (χ0n) is 23.6. The average Bonchev–Trinajstić information content (AvgIpc) is 3.43. The van der Waals surface area contributed by atoms with Gasteiger partial charge in [0.25, 0.3) is 5.91 Å². The summed E-state index contributed by atoms with van der Waals surface area (Å²) < 4.78 is 13.8. The lowest BCUT2D eigenvalue weighted by molar-refractivity contribution is -0.135. The van der Waals surface area contributed by atoms with Crippen molar-refractivity contribution in [2.24, 2.45) is 0 Å². The molecule has 0 unspecified atom stereocenters. The molecule has 1 aliphatic rings. The van der Waals surface area contributed by atoms with Crippen LogP contribution in [-0.4, -0.2) is 66.1 Å². The van der Waals surface area contributed by atoms with Gasteiger partial charge in [-0.1, -0.05) is 47.3 Å². The van der Waals surface area contributed by atoms with Gasteiger partial charge in [0, 0.05) is 54.8 Å². The van der Waals surface area contributed by atoms with Crippen molar-refractivity contribution in [2.45, 2.75) is 57.7 Å². The highest BCUT2D eigenvalue weighted by Crippen LogP contribution is 2.25. The summed E-state index contributed by atoms with van der Waals surface area (Å²) in [4.78, 5) is 31.3. The number of ether oxygens (including phenoxy) is 2. The maximum atomic E-state index is 14.0. The molecule has 2 aromatic carbocycles. The third-order valence-electron chi connectivity index (χ3n) is 7.58. The van der Waals surface area contributed by atoms with E-state index in [2.05, 4.69) is 44.9 Å². The van der Waals surface area contributed by atoms with Crippen LogP contribution in [0.1, 0.15) is 60.1 Å². The Morgan fingerprint density at radius 1 is 0.975 bits per heavy atom. The van der Waals surface area contributed by atoms with Gasteiger partial charge in [0.1, 0.15) is 12.3 Å². The van der Waals surface area contributed by atoms with E-state index in [4.69, 9.17) is 9.47 Å². The first-order valence-corrected chi connectivity index (χ1v) is 14.9. The highest BCUT2D eigenvalue weighted by Gasteiger charge is 2.29. The van der Waals surface area contributed by atoms with E-state index in [9.17, 15) is 9.59 Å². The minimum Gasteiger partial charge on any atom is -0.497 e. The Morgan fingerprint density at radius 2 is 1.70 bits per heavy atom. The van der Waals surface area contributed by atoms with E-state index in [1.54, 1.807) is 43.4 Å². The summed E-state index contributed by atoms with van der Waals surface area (Å²) in [6, 6.07) is 19.7. The topological polar surface area (TPSA) is 64.0 Å². The Kier molecular flexibility index (Phi) is 11.2. The van der Waals surface area contributed by atoms with E-state index < -0.39 is 0 Å². The molecular formula is C32H40BrN3O4. The van der Waals surface area contributed by atoms with E-state index >= 15 is 0 Å². The van der Waals surface area contributed by atoms with Crippen molar-refractivity contribution < 1.29 is 19.1 Å². The first-order chi connectivity index (χ1) is 19.5. The lowest BCUT2D eigenvalue weighted by Crippen LogP contribution is -2.48. The molecule has 3 aromatic rings. The number of methoxy groups -OCH3 is 2. The molecule has 0 N–H and O–H groups in total. The van der Waals surface area contributed by atoms with E-state index in [1.807, 2.05) is 23.1 Å². The number of carbonyl (C=O) groups excluding carboxylic acids is 2. The van der Waals surface area contributed by atoms with Crippen molar-refractivity contribution in [3.05, 3.63) is 88.2 Å². The summed E-state index contributed by atoms with van der Waals surface area (Å²) in [5, 5.41) is 0. The van der Waals surface area contributed by atoms with Crippen LogP contribution >= 0.6 is 15.9 Å². The Hall–Kier alpha value is -3.10. The molecule has 0 aliphatic heterocycles. The van der Waals surface area contributed by atoms with Crippen molar-refractivity contribution in [3.8, 4) is 5.75 Å². The Morgan fingerprint density at radius 3 is 2.38 bits per heavy atom.